The minimum atomic E-state index is -1.92. The standard InChI is InChI=1S/C19H23BNO3/c1-15(2)18-19(16-9-5-3-6-10-16,17-11-7-4-8-12-17)24-20(21-18)22-13-14-23-20/h3-12,15,18,21H,13-14H2,1-2H3/q-1/t18-/m0/s1. The highest BCUT2D eigenvalue weighted by molar-refractivity contribution is 6.59. The van der Waals surface area contributed by atoms with Gasteiger partial charge in [0.15, 0.2) is 0 Å². The maximum Gasteiger partial charge on any atom is 0.462 e. The molecule has 0 unspecified atom stereocenters. The Hall–Kier alpha value is -1.66. The van der Waals surface area contributed by atoms with Gasteiger partial charge in [0.25, 0.3) is 0 Å². The van der Waals surface area contributed by atoms with Crippen molar-refractivity contribution in [2.75, 3.05) is 13.2 Å². The summed E-state index contributed by atoms with van der Waals surface area (Å²) in [6.07, 6.45) is 0. The third-order valence-corrected chi connectivity index (χ3v) is 4.99. The largest absolute Gasteiger partial charge is 0.528 e. The summed E-state index contributed by atoms with van der Waals surface area (Å²) in [5.41, 5.74) is 1.58. The van der Waals surface area contributed by atoms with E-state index in [0.717, 1.165) is 11.1 Å². The van der Waals surface area contributed by atoms with Crippen LogP contribution in [0.15, 0.2) is 60.7 Å². The van der Waals surface area contributed by atoms with E-state index in [1.54, 1.807) is 0 Å². The van der Waals surface area contributed by atoms with Crippen LogP contribution in [0.1, 0.15) is 25.0 Å². The molecule has 0 aliphatic carbocycles. The molecule has 2 aromatic carbocycles. The fourth-order valence-electron chi connectivity index (χ4n) is 4.00. The molecule has 0 radical (unpaired) electrons. The fraction of sp³-hybridized carbons (Fsp3) is 0.368. The zero-order valence-electron chi connectivity index (χ0n) is 14.1. The molecular formula is C19H23BNO3-. The zero-order chi connectivity index (χ0) is 16.6. The van der Waals surface area contributed by atoms with Crippen LogP contribution in [-0.2, 0) is 19.6 Å². The Labute approximate surface area is 143 Å². The molecule has 1 spiro atoms. The molecule has 24 heavy (non-hydrogen) atoms. The molecule has 2 aliphatic heterocycles. The van der Waals surface area contributed by atoms with Crippen molar-refractivity contribution in [2.24, 2.45) is 5.92 Å². The van der Waals surface area contributed by atoms with Gasteiger partial charge < -0.3 is 19.2 Å². The lowest BCUT2D eigenvalue weighted by Crippen LogP contribution is -2.52. The van der Waals surface area contributed by atoms with Gasteiger partial charge in [-0.15, -0.1) is 0 Å². The zero-order valence-corrected chi connectivity index (χ0v) is 14.1. The predicted octanol–water partition coefficient (Wildman–Crippen LogP) is 3.06. The summed E-state index contributed by atoms with van der Waals surface area (Å²) < 4.78 is 18.4. The van der Waals surface area contributed by atoms with E-state index < -0.39 is 12.5 Å². The molecule has 0 bridgehead atoms. The third kappa shape index (κ3) is 2.40. The first kappa shape index (κ1) is 15.8. The Kier molecular flexibility index (Phi) is 3.97. The minimum Gasteiger partial charge on any atom is -0.528 e. The van der Waals surface area contributed by atoms with Gasteiger partial charge in [0.2, 0.25) is 0 Å². The van der Waals surface area contributed by atoms with Crippen LogP contribution in [0.4, 0.5) is 0 Å². The average molecular weight is 324 g/mol. The molecule has 2 aliphatic rings. The van der Waals surface area contributed by atoms with Gasteiger partial charge >= 0.3 is 6.89 Å². The molecule has 1 atom stereocenters. The highest BCUT2D eigenvalue weighted by Crippen LogP contribution is 2.47. The van der Waals surface area contributed by atoms with Crippen molar-refractivity contribution in [2.45, 2.75) is 25.5 Å². The van der Waals surface area contributed by atoms with Crippen molar-refractivity contribution in [3.63, 3.8) is 0 Å². The van der Waals surface area contributed by atoms with Crippen molar-refractivity contribution in [3.05, 3.63) is 71.8 Å². The SMILES string of the molecule is CC(C)[C@@H]1N[B-]2(OCCO2)OC1(c1ccccc1)c1ccccc1. The maximum absolute atomic E-state index is 6.65. The van der Waals surface area contributed by atoms with E-state index in [9.17, 15) is 0 Å². The van der Waals surface area contributed by atoms with Crippen LogP contribution >= 0.6 is 0 Å². The summed E-state index contributed by atoms with van der Waals surface area (Å²) in [6, 6.07) is 20.8. The minimum absolute atomic E-state index is 0.0420. The molecule has 4 rings (SSSR count). The fourth-order valence-corrected chi connectivity index (χ4v) is 4.00. The van der Waals surface area contributed by atoms with Gasteiger partial charge in [0, 0.05) is 19.3 Å². The second kappa shape index (κ2) is 6.01. The van der Waals surface area contributed by atoms with Crippen molar-refractivity contribution < 1.29 is 14.0 Å². The van der Waals surface area contributed by atoms with E-state index in [0.29, 0.717) is 19.1 Å². The predicted molar refractivity (Wildman–Crippen MR) is 94.2 cm³/mol. The van der Waals surface area contributed by atoms with Crippen molar-refractivity contribution in [1.29, 1.82) is 0 Å². The smallest absolute Gasteiger partial charge is 0.462 e. The van der Waals surface area contributed by atoms with E-state index in [1.165, 1.54) is 0 Å². The molecule has 0 saturated carbocycles. The molecular weight excluding hydrogens is 301 g/mol. The van der Waals surface area contributed by atoms with Crippen LogP contribution in [0.5, 0.6) is 0 Å². The van der Waals surface area contributed by atoms with E-state index >= 15 is 0 Å². The molecule has 5 heteroatoms. The number of nitrogens with one attached hydrogen (secondary N) is 1. The van der Waals surface area contributed by atoms with Crippen LogP contribution in [-0.4, -0.2) is 26.1 Å². The molecule has 2 saturated heterocycles. The van der Waals surface area contributed by atoms with Crippen molar-refractivity contribution in [3.8, 4) is 0 Å². The monoisotopic (exact) mass is 324 g/mol. The first-order valence-corrected chi connectivity index (χ1v) is 8.66. The van der Waals surface area contributed by atoms with Crippen LogP contribution in [0.2, 0.25) is 0 Å². The summed E-state index contributed by atoms with van der Waals surface area (Å²) in [4.78, 5) is 0. The number of hydrogen-bond acceptors (Lipinski definition) is 4. The van der Waals surface area contributed by atoms with Gasteiger partial charge in [-0.25, -0.2) is 0 Å². The highest BCUT2D eigenvalue weighted by atomic mass is 16.8. The summed E-state index contributed by atoms with van der Waals surface area (Å²) in [6.45, 7) is 3.58. The molecule has 4 nitrogen and oxygen atoms in total. The number of rotatable bonds is 3. The molecule has 0 aromatic heterocycles. The maximum atomic E-state index is 6.65. The summed E-state index contributed by atoms with van der Waals surface area (Å²) in [5, 5.41) is 3.55. The van der Waals surface area contributed by atoms with Gasteiger partial charge in [0.05, 0.1) is 5.60 Å². The normalized spacial score (nSPS) is 24.7. The van der Waals surface area contributed by atoms with E-state index in [4.69, 9.17) is 14.0 Å². The Morgan fingerprint density at radius 2 is 1.42 bits per heavy atom. The molecule has 1 N–H and O–H groups in total. The van der Waals surface area contributed by atoms with E-state index in [2.05, 4.69) is 67.6 Å². The lowest BCUT2D eigenvalue weighted by Gasteiger charge is -2.41. The molecule has 126 valence electrons. The van der Waals surface area contributed by atoms with Gasteiger partial charge in [-0.2, -0.15) is 0 Å². The molecule has 0 amide bonds. The second-order valence-corrected chi connectivity index (χ2v) is 6.86. The first-order chi connectivity index (χ1) is 11.7. The lowest BCUT2D eigenvalue weighted by atomic mass is 9.76. The molecule has 2 heterocycles. The molecule has 2 fully saturated rings. The Morgan fingerprint density at radius 1 is 0.917 bits per heavy atom. The number of hydrogen-bond donors (Lipinski definition) is 1. The molecule has 2 aromatic rings. The van der Waals surface area contributed by atoms with Gasteiger partial charge in [-0.05, 0) is 17.0 Å². The Morgan fingerprint density at radius 3 is 1.88 bits per heavy atom. The van der Waals surface area contributed by atoms with Crippen LogP contribution in [0.3, 0.4) is 0 Å². The van der Waals surface area contributed by atoms with Crippen LogP contribution in [0, 0.1) is 5.92 Å². The van der Waals surface area contributed by atoms with Crippen LogP contribution in [0.25, 0.3) is 0 Å². The Balaban J connectivity index is 1.91. The summed E-state index contributed by atoms with van der Waals surface area (Å²) in [7, 11) is 0. The van der Waals surface area contributed by atoms with Gasteiger partial charge in [-0.3, -0.25) is 0 Å². The summed E-state index contributed by atoms with van der Waals surface area (Å²) in [5.74, 6) is 0.333. The van der Waals surface area contributed by atoms with E-state index in [1.807, 2.05) is 12.1 Å². The number of benzene rings is 2. The topological polar surface area (TPSA) is 39.7 Å². The third-order valence-electron chi connectivity index (χ3n) is 4.99. The van der Waals surface area contributed by atoms with Gasteiger partial charge in [0.1, 0.15) is 0 Å². The highest BCUT2D eigenvalue weighted by Gasteiger charge is 2.56. The van der Waals surface area contributed by atoms with Gasteiger partial charge in [-0.1, -0.05) is 74.5 Å². The van der Waals surface area contributed by atoms with Crippen molar-refractivity contribution >= 4 is 6.89 Å². The first-order valence-electron chi connectivity index (χ1n) is 8.66. The quantitative estimate of drug-likeness (QED) is 0.881. The van der Waals surface area contributed by atoms with Crippen molar-refractivity contribution in [1.82, 2.24) is 5.23 Å². The van der Waals surface area contributed by atoms with Crippen LogP contribution < -0.4 is 5.23 Å². The van der Waals surface area contributed by atoms with E-state index in [-0.39, 0.29) is 6.04 Å². The second-order valence-electron chi connectivity index (χ2n) is 6.86. The average Bonchev–Trinajstić information content (AvgIpc) is 3.22. The summed E-state index contributed by atoms with van der Waals surface area (Å²) >= 11 is 0. The Bertz CT molecular complexity index is 647. The lowest BCUT2D eigenvalue weighted by molar-refractivity contribution is 0.0443.